The number of nitrogens with one attached hydrogen (secondary N) is 1. The largest absolute Gasteiger partial charge is 0.490 e. The third kappa shape index (κ3) is 5.46. The Bertz CT molecular complexity index is 1360. The van der Waals surface area contributed by atoms with Gasteiger partial charge in [0.25, 0.3) is 5.69 Å². The van der Waals surface area contributed by atoms with E-state index in [1.165, 1.54) is 13.0 Å². The molecule has 0 fully saturated rings. The molecule has 0 aromatic heterocycles. The molecule has 0 spiro atoms. The van der Waals surface area contributed by atoms with Crippen LogP contribution in [0.15, 0.2) is 84.1 Å². The number of para-hydroxylation sites is 1. The monoisotopic (exact) mass is 517 g/mol. The first-order valence-corrected chi connectivity index (χ1v) is 12.2. The normalized spacial score (nSPS) is 15.3. The number of rotatable bonds is 9. The van der Waals surface area contributed by atoms with Gasteiger partial charge in [0.1, 0.15) is 6.61 Å². The van der Waals surface area contributed by atoms with E-state index in [-0.39, 0.29) is 29.4 Å². The maximum atomic E-state index is 12.9. The fourth-order valence-corrected chi connectivity index (χ4v) is 4.75. The molecule has 1 aliphatic heterocycles. The summed E-state index contributed by atoms with van der Waals surface area (Å²) in [5, 5.41) is 15.7. The third-order valence-electron chi connectivity index (χ3n) is 6.02. The van der Waals surface area contributed by atoms with Crippen LogP contribution in [0.25, 0.3) is 0 Å². The van der Waals surface area contributed by atoms with Gasteiger partial charge in [0.15, 0.2) is 22.4 Å². The number of allylic oxidation sites excluding steroid dienone is 1. The molecule has 0 saturated heterocycles. The van der Waals surface area contributed by atoms with E-state index < -0.39 is 11.0 Å². The Morgan fingerprint density at radius 3 is 2.27 bits per heavy atom. The van der Waals surface area contributed by atoms with Gasteiger partial charge in [-0.3, -0.25) is 19.8 Å². The Morgan fingerprint density at radius 1 is 1.05 bits per heavy atom. The number of ketones is 1. The Kier molecular flexibility index (Phi) is 7.83. The van der Waals surface area contributed by atoms with E-state index in [0.29, 0.717) is 28.7 Å². The van der Waals surface area contributed by atoms with Crippen LogP contribution in [0.5, 0.6) is 11.5 Å². The number of nitro benzene ring substituents is 1. The first-order valence-electron chi connectivity index (χ1n) is 11.8. The average Bonchev–Trinajstić information content (AvgIpc) is 2.88. The van der Waals surface area contributed by atoms with Crippen LogP contribution in [0.2, 0.25) is 0 Å². The summed E-state index contributed by atoms with van der Waals surface area (Å²) < 4.78 is 11.7. The summed E-state index contributed by atoms with van der Waals surface area (Å²) in [6.07, 6.45) is 0. The first kappa shape index (κ1) is 25.8. The van der Waals surface area contributed by atoms with Crippen LogP contribution >= 0.6 is 12.2 Å². The molecular weight excluding hydrogens is 490 g/mol. The number of carbonyl (C=O) groups is 1. The lowest BCUT2D eigenvalue weighted by Gasteiger charge is -2.37. The molecule has 0 saturated carbocycles. The molecule has 0 amide bonds. The smallest absolute Gasteiger partial charge is 0.279 e. The van der Waals surface area contributed by atoms with E-state index in [2.05, 4.69) is 5.32 Å². The molecule has 8 nitrogen and oxygen atoms in total. The number of nitrogens with zero attached hydrogens (tertiary/aromatic N) is 2. The summed E-state index contributed by atoms with van der Waals surface area (Å²) in [5.41, 5.74) is 2.73. The molecule has 3 aromatic carbocycles. The molecule has 1 heterocycles. The second kappa shape index (κ2) is 11.2. The molecule has 0 unspecified atom stereocenters. The van der Waals surface area contributed by atoms with Crippen molar-refractivity contribution in [1.82, 2.24) is 5.32 Å². The highest BCUT2D eigenvalue weighted by Crippen LogP contribution is 2.42. The van der Waals surface area contributed by atoms with Crippen LogP contribution < -0.4 is 19.7 Å². The molecule has 0 aliphatic carbocycles. The minimum absolute atomic E-state index is 0.202. The summed E-state index contributed by atoms with van der Waals surface area (Å²) in [7, 11) is 0. The molecule has 0 bridgehead atoms. The van der Waals surface area contributed by atoms with Crippen LogP contribution in [0.3, 0.4) is 0 Å². The minimum Gasteiger partial charge on any atom is -0.490 e. The Labute approximate surface area is 220 Å². The predicted octanol–water partition coefficient (Wildman–Crippen LogP) is 5.87. The molecule has 190 valence electrons. The number of nitro groups is 1. The summed E-state index contributed by atoms with van der Waals surface area (Å²) in [6.45, 7) is 5.59. The molecule has 37 heavy (non-hydrogen) atoms. The number of anilines is 1. The van der Waals surface area contributed by atoms with Crippen LogP contribution in [-0.4, -0.2) is 22.4 Å². The third-order valence-corrected chi connectivity index (χ3v) is 6.32. The number of benzene rings is 3. The summed E-state index contributed by atoms with van der Waals surface area (Å²) >= 11 is 5.66. The number of hydrogen-bond acceptors (Lipinski definition) is 6. The number of carbonyl (C=O) groups excluding carboxylic acids is 1. The second-order valence-corrected chi connectivity index (χ2v) is 8.82. The number of hydrogen-bond donors (Lipinski definition) is 1. The standard InChI is InChI=1S/C28H27N3O5S/c1-4-35-24-15-22(23(31(33)34)16-25(24)36-17-20-11-7-5-8-12-20)27-26(19(3)32)18(2)30(28(37)29-27)21-13-9-6-10-14-21/h5-16,27H,4,17H2,1-3H3,(H,29,37)/t27-/m1/s1. The van der Waals surface area contributed by atoms with E-state index in [9.17, 15) is 14.9 Å². The summed E-state index contributed by atoms with van der Waals surface area (Å²) in [4.78, 5) is 26.4. The summed E-state index contributed by atoms with van der Waals surface area (Å²) in [5.74, 6) is 0.364. The minimum atomic E-state index is -0.840. The van der Waals surface area contributed by atoms with Gasteiger partial charge >= 0.3 is 0 Å². The molecule has 0 radical (unpaired) electrons. The van der Waals surface area contributed by atoms with Crippen molar-refractivity contribution in [3.8, 4) is 11.5 Å². The van der Waals surface area contributed by atoms with Gasteiger partial charge in [0.05, 0.1) is 29.2 Å². The first-order chi connectivity index (χ1) is 17.8. The van der Waals surface area contributed by atoms with Crippen LogP contribution in [0.1, 0.15) is 37.9 Å². The Morgan fingerprint density at radius 2 is 1.68 bits per heavy atom. The van der Waals surface area contributed by atoms with Crippen molar-refractivity contribution in [2.75, 3.05) is 11.5 Å². The highest BCUT2D eigenvalue weighted by molar-refractivity contribution is 7.80. The lowest BCUT2D eigenvalue weighted by molar-refractivity contribution is -0.385. The predicted molar refractivity (Wildman–Crippen MR) is 146 cm³/mol. The van der Waals surface area contributed by atoms with Crippen molar-refractivity contribution in [2.45, 2.75) is 33.4 Å². The zero-order valence-corrected chi connectivity index (χ0v) is 21.6. The van der Waals surface area contributed by atoms with Crippen molar-refractivity contribution in [1.29, 1.82) is 0 Å². The molecule has 4 rings (SSSR count). The van der Waals surface area contributed by atoms with Crippen molar-refractivity contribution in [2.24, 2.45) is 0 Å². The van der Waals surface area contributed by atoms with Gasteiger partial charge in [-0.2, -0.15) is 0 Å². The van der Waals surface area contributed by atoms with E-state index in [0.717, 1.165) is 11.3 Å². The molecule has 9 heteroatoms. The van der Waals surface area contributed by atoms with Crippen molar-refractivity contribution in [3.63, 3.8) is 0 Å². The van der Waals surface area contributed by atoms with E-state index in [1.54, 1.807) is 17.9 Å². The molecule has 1 aliphatic rings. The SMILES string of the molecule is CCOc1cc([C@H]2NC(=S)N(c3ccccc3)C(C)=C2C(C)=O)c([N+](=O)[O-])cc1OCc1ccccc1. The Hall–Kier alpha value is -4.24. The fraction of sp³-hybridized carbons (Fsp3) is 0.214. The van der Waals surface area contributed by atoms with E-state index >= 15 is 0 Å². The van der Waals surface area contributed by atoms with Gasteiger partial charge in [-0.25, -0.2) is 0 Å². The average molecular weight is 518 g/mol. The zero-order valence-electron chi connectivity index (χ0n) is 20.8. The highest BCUT2D eigenvalue weighted by Gasteiger charge is 2.37. The van der Waals surface area contributed by atoms with Gasteiger partial charge in [-0.1, -0.05) is 48.5 Å². The van der Waals surface area contributed by atoms with Crippen molar-refractivity contribution < 1.29 is 19.2 Å². The summed E-state index contributed by atoms with van der Waals surface area (Å²) in [6, 6.07) is 21.0. The van der Waals surface area contributed by atoms with Gasteiger partial charge in [0, 0.05) is 17.0 Å². The van der Waals surface area contributed by atoms with Gasteiger partial charge in [-0.05, 0) is 56.8 Å². The number of Topliss-reactive ketones (excluding diaryl/α,β-unsaturated/α-hetero) is 1. The fourth-order valence-electron chi connectivity index (χ4n) is 4.39. The molecule has 1 N–H and O–H groups in total. The number of thiocarbonyl (C=S) groups is 1. The van der Waals surface area contributed by atoms with Gasteiger partial charge in [-0.15, -0.1) is 0 Å². The van der Waals surface area contributed by atoms with Crippen molar-refractivity contribution in [3.05, 3.63) is 105 Å². The second-order valence-electron chi connectivity index (χ2n) is 8.43. The van der Waals surface area contributed by atoms with E-state index in [1.807, 2.05) is 67.6 Å². The number of ether oxygens (including phenoxy) is 2. The highest BCUT2D eigenvalue weighted by atomic mass is 32.1. The Balaban J connectivity index is 1.81. The molecular formula is C28H27N3O5S. The van der Waals surface area contributed by atoms with Gasteiger partial charge < -0.3 is 14.8 Å². The van der Waals surface area contributed by atoms with Gasteiger partial charge in [0.2, 0.25) is 0 Å². The molecule has 3 aromatic rings. The van der Waals surface area contributed by atoms with Crippen LogP contribution in [-0.2, 0) is 11.4 Å². The van der Waals surface area contributed by atoms with Crippen LogP contribution in [0.4, 0.5) is 11.4 Å². The maximum Gasteiger partial charge on any atom is 0.279 e. The zero-order chi connectivity index (χ0) is 26.5. The lowest BCUT2D eigenvalue weighted by Crippen LogP contribution is -2.47. The van der Waals surface area contributed by atoms with Crippen LogP contribution in [0, 0.1) is 10.1 Å². The maximum absolute atomic E-state index is 12.9. The topological polar surface area (TPSA) is 93.9 Å². The van der Waals surface area contributed by atoms with E-state index in [4.69, 9.17) is 21.7 Å². The molecule has 1 atom stereocenters. The quantitative estimate of drug-likeness (QED) is 0.214. The van der Waals surface area contributed by atoms with Crippen molar-refractivity contribution >= 4 is 34.5 Å². The lowest BCUT2D eigenvalue weighted by atomic mass is 9.91.